The molecule has 3 heteroatoms. The van der Waals surface area contributed by atoms with Gasteiger partial charge in [0, 0.05) is 10.3 Å². The van der Waals surface area contributed by atoms with Gasteiger partial charge in [0.25, 0.3) is 0 Å². The highest BCUT2D eigenvalue weighted by molar-refractivity contribution is 7.96. The van der Waals surface area contributed by atoms with Crippen LogP contribution in [-0.4, -0.2) is 10.7 Å². The molecule has 2 nitrogen and oxygen atoms in total. The first-order valence-corrected chi connectivity index (χ1v) is 2.50. The Labute approximate surface area is 39.9 Å². The molecule has 6 heavy (non-hydrogen) atoms. The lowest BCUT2D eigenvalue weighted by molar-refractivity contribution is -0.352. The third-order valence-electron chi connectivity index (χ3n) is 0.529. The van der Waals surface area contributed by atoms with Gasteiger partial charge < -0.3 is 0 Å². The van der Waals surface area contributed by atoms with Gasteiger partial charge in [-0.05, 0) is 6.08 Å². The van der Waals surface area contributed by atoms with Crippen molar-refractivity contribution in [1.29, 1.82) is 0 Å². The van der Waals surface area contributed by atoms with Crippen molar-refractivity contribution >= 4 is 11.9 Å². The number of rotatable bonds is 0. The van der Waals surface area contributed by atoms with Crippen LogP contribution in [0, 0.1) is 4.91 Å². The Bertz CT molecular complexity index is 89.0. The summed E-state index contributed by atoms with van der Waals surface area (Å²) >= 11 is 1.19. The van der Waals surface area contributed by atoms with Gasteiger partial charge in [-0.3, -0.25) is 0 Å². The van der Waals surface area contributed by atoms with E-state index in [2.05, 4.69) is 0 Å². The second kappa shape index (κ2) is 1.43. The number of nitroso groups, excluding NO2 is 1. The molecule has 0 spiro atoms. The third kappa shape index (κ3) is 0.597. The minimum atomic E-state index is 0.546. The predicted molar refractivity (Wildman–Crippen MR) is 25.2 cm³/mol. The maximum absolute atomic E-state index is 10.1. The van der Waals surface area contributed by atoms with Gasteiger partial charge in [0.2, 0.25) is 18.5 Å². The first-order chi connectivity index (χ1) is 2.89. The maximum atomic E-state index is 10.1. The van der Waals surface area contributed by atoms with Crippen molar-refractivity contribution in [3.63, 3.8) is 0 Å². The van der Waals surface area contributed by atoms with Crippen LogP contribution in [0.4, 0.5) is 0 Å². The molecule has 0 fully saturated rings. The van der Waals surface area contributed by atoms with Crippen LogP contribution >= 0.6 is 11.9 Å². The van der Waals surface area contributed by atoms with Crippen molar-refractivity contribution in [2.24, 2.45) is 0 Å². The first kappa shape index (κ1) is 3.87. The molecule has 1 aliphatic rings. The molecule has 32 valence electrons. The summed E-state index contributed by atoms with van der Waals surface area (Å²) in [6.07, 6.45) is 1.83. The Morgan fingerprint density at radius 3 is 2.83 bits per heavy atom. The van der Waals surface area contributed by atoms with E-state index in [1.54, 1.807) is 5.41 Å². The van der Waals surface area contributed by atoms with Crippen LogP contribution in [0.2, 0.25) is 0 Å². The fourth-order valence-electron chi connectivity index (χ4n) is 0.283. The quantitative estimate of drug-likeness (QED) is 0.335. The van der Waals surface area contributed by atoms with Gasteiger partial charge in [-0.15, -0.1) is 0 Å². The summed E-state index contributed by atoms with van der Waals surface area (Å²) in [4.78, 5) is 10.1. The van der Waals surface area contributed by atoms with Gasteiger partial charge in [-0.25, -0.2) is 0 Å². The van der Waals surface area contributed by atoms with Crippen LogP contribution in [0.1, 0.15) is 0 Å². The molecule has 0 atom stereocenters. The van der Waals surface area contributed by atoms with Crippen molar-refractivity contribution in [2.75, 3.05) is 6.54 Å². The molecule has 0 aromatic heterocycles. The largest absolute Gasteiger partial charge is 0.242 e. The molecule has 0 aromatic rings. The van der Waals surface area contributed by atoms with E-state index < -0.39 is 0 Å². The highest BCUT2D eigenvalue weighted by Gasteiger charge is 2.10. The summed E-state index contributed by atoms with van der Waals surface area (Å²) in [6, 6.07) is 0. The molecule has 0 saturated heterocycles. The molecule has 0 bridgehead atoms. The normalized spacial score (nSPS) is 19.7. The number of hydrogen-bond acceptors (Lipinski definition) is 2. The summed E-state index contributed by atoms with van der Waals surface area (Å²) in [5, 5.41) is 1.78. The van der Waals surface area contributed by atoms with Crippen LogP contribution in [0.15, 0.2) is 11.5 Å². The molecule has 0 saturated carbocycles. The molecule has 0 radical (unpaired) electrons. The van der Waals surface area contributed by atoms with E-state index in [1.165, 1.54) is 11.9 Å². The van der Waals surface area contributed by atoms with Gasteiger partial charge >= 0.3 is 0 Å². The minimum absolute atomic E-state index is 0.546. The minimum Gasteiger partial charge on any atom is -0.00166 e. The molecular weight excluding hydrogens is 98.1 g/mol. The highest BCUT2D eigenvalue weighted by atomic mass is 32.2. The Hall–Kier alpha value is -0.310. The molecule has 1 aliphatic heterocycles. The monoisotopic (exact) mass is 102 g/mol. The molecule has 1 heterocycles. The second-order valence-corrected chi connectivity index (χ2v) is 1.88. The van der Waals surface area contributed by atoms with E-state index in [0.717, 1.165) is 4.17 Å². The van der Waals surface area contributed by atoms with Crippen molar-refractivity contribution in [3.05, 3.63) is 16.4 Å². The van der Waals surface area contributed by atoms with E-state index >= 15 is 0 Å². The molecule has 1 rings (SSSR count). The van der Waals surface area contributed by atoms with Crippen LogP contribution in [0.5, 0.6) is 0 Å². The standard InChI is InChI=1S/C3H4NOS/c5-4-2-1-3-6-4/h1,3H,2H2/q+1. The SMILES string of the molecule is O=[N+]1CC=CS1. The fourth-order valence-corrected chi connectivity index (χ4v) is 0.763. The second-order valence-electron chi connectivity index (χ2n) is 0.993. The summed E-state index contributed by atoms with van der Waals surface area (Å²) in [5.74, 6) is 0. The van der Waals surface area contributed by atoms with Crippen LogP contribution in [0.3, 0.4) is 0 Å². The van der Waals surface area contributed by atoms with Gasteiger partial charge in [0.05, 0.1) is 4.17 Å². The van der Waals surface area contributed by atoms with E-state index in [-0.39, 0.29) is 0 Å². The Balaban J connectivity index is 2.52. The van der Waals surface area contributed by atoms with Gasteiger partial charge in [-0.2, -0.15) is 0 Å². The summed E-state index contributed by atoms with van der Waals surface area (Å²) in [6.45, 7) is 0.546. The average Bonchev–Trinajstić information content (AvgIpc) is 1.86. The smallest absolute Gasteiger partial charge is 0.00166 e. The Morgan fingerprint density at radius 1 is 1.83 bits per heavy atom. The average molecular weight is 102 g/mol. The zero-order chi connectivity index (χ0) is 4.41. The predicted octanol–water partition coefficient (Wildman–Crippen LogP) is 0.941. The van der Waals surface area contributed by atoms with Crippen molar-refractivity contribution < 1.29 is 4.17 Å². The van der Waals surface area contributed by atoms with Crippen molar-refractivity contribution in [2.45, 2.75) is 0 Å². The Kier molecular flexibility index (Phi) is 0.919. The van der Waals surface area contributed by atoms with E-state index in [4.69, 9.17) is 0 Å². The number of nitrogens with zero attached hydrogens (tertiary/aromatic N) is 1. The molecule has 0 N–H and O–H groups in total. The lowest BCUT2D eigenvalue weighted by atomic mass is 10.7. The van der Waals surface area contributed by atoms with Gasteiger partial charge in [-0.1, -0.05) is 0 Å². The Morgan fingerprint density at radius 2 is 2.67 bits per heavy atom. The van der Waals surface area contributed by atoms with Crippen LogP contribution in [0.25, 0.3) is 0 Å². The van der Waals surface area contributed by atoms with E-state index in [1.807, 2.05) is 6.08 Å². The molecular formula is C3H4NOS+. The van der Waals surface area contributed by atoms with Gasteiger partial charge in [0.1, 0.15) is 0 Å². The van der Waals surface area contributed by atoms with Crippen LogP contribution < -0.4 is 0 Å². The van der Waals surface area contributed by atoms with E-state index in [9.17, 15) is 4.91 Å². The van der Waals surface area contributed by atoms with Crippen molar-refractivity contribution in [1.82, 2.24) is 0 Å². The zero-order valence-corrected chi connectivity index (χ0v) is 3.94. The molecule has 0 unspecified atom stereocenters. The lowest BCUT2D eigenvalue weighted by Gasteiger charge is -1.62. The molecule has 0 aromatic carbocycles. The third-order valence-corrected chi connectivity index (χ3v) is 1.23. The lowest BCUT2D eigenvalue weighted by Crippen LogP contribution is -1.86. The van der Waals surface area contributed by atoms with E-state index in [0.29, 0.717) is 6.54 Å². The maximum Gasteiger partial charge on any atom is 0.242 e. The fraction of sp³-hybridized carbons (Fsp3) is 0.333. The first-order valence-electron chi connectivity index (χ1n) is 1.66. The summed E-state index contributed by atoms with van der Waals surface area (Å²) < 4.78 is 0.917. The number of hydrogen-bond donors (Lipinski definition) is 0. The zero-order valence-electron chi connectivity index (χ0n) is 3.13. The van der Waals surface area contributed by atoms with Gasteiger partial charge in [0.15, 0.2) is 0 Å². The molecule has 0 amide bonds. The highest BCUT2D eigenvalue weighted by Crippen LogP contribution is 2.08. The summed E-state index contributed by atoms with van der Waals surface area (Å²) in [5.41, 5.74) is 0. The van der Waals surface area contributed by atoms with Crippen molar-refractivity contribution in [3.8, 4) is 0 Å². The topological polar surface area (TPSA) is 20.1 Å². The molecule has 0 aliphatic carbocycles. The summed E-state index contributed by atoms with van der Waals surface area (Å²) in [7, 11) is 0. The van der Waals surface area contributed by atoms with Crippen LogP contribution in [-0.2, 0) is 0 Å².